The van der Waals surface area contributed by atoms with Crippen LogP contribution in [0.2, 0.25) is 0 Å². The van der Waals surface area contributed by atoms with Crippen LogP contribution in [0.1, 0.15) is 42.1 Å². The maximum Gasteiger partial charge on any atom is 0.373 e. The standard InChI is InChI=1S/C21H22N2O6/c1-4-13(2)28-17-8-6-5-7-14(17)11-16-19(24)23(21(26)22-16)12-15-9-10-18(29-15)20(25)27-3/h5-11,13H,4,12H2,1-3H3,(H,22,26). The van der Waals surface area contributed by atoms with Crippen LogP contribution in [0, 0.1) is 0 Å². The van der Waals surface area contributed by atoms with Gasteiger partial charge >= 0.3 is 12.0 Å². The Labute approximate surface area is 168 Å². The molecule has 1 unspecified atom stereocenters. The number of urea groups is 1. The Bertz CT molecular complexity index is 962. The van der Waals surface area contributed by atoms with Gasteiger partial charge in [-0.25, -0.2) is 9.59 Å². The molecular weight excluding hydrogens is 376 g/mol. The van der Waals surface area contributed by atoms with Gasteiger partial charge in [-0.2, -0.15) is 0 Å². The Kier molecular flexibility index (Phi) is 6.01. The molecule has 152 valence electrons. The number of benzene rings is 1. The second-order valence-electron chi connectivity index (χ2n) is 6.51. The number of carbonyl (C=O) groups is 3. The zero-order chi connectivity index (χ0) is 21.0. The second-order valence-corrected chi connectivity index (χ2v) is 6.51. The van der Waals surface area contributed by atoms with E-state index in [-0.39, 0.29) is 29.9 Å². The number of furan rings is 1. The van der Waals surface area contributed by atoms with Crippen molar-refractivity contribution in [3.63, 3.8) is 0 Å². The van der Waals surface area contributed by atoms with Gasteiger partial charge in [-0.05, 0) is 37.6 Å². The van der Waals surface area contributed by atoms with Crippen molar-refractivity contribution in [1.82, 2.24) is 10.2 Å². The van der Waals surface area contributed by atoms with Crippen LogP contribution in [0.25, 0.3) is 6.08 Å². The lowest BCUT2D eigenvalue weighted by Gasteiger charge is -2.14. The van der Waals surface area contributed by atoms with Gasteiger partial charge in [-0.15, -0.1) is 0 Å². The van der Waals surface area contributed by atoms with Gasteiger partial charge in [0, 0.05) is 5.56 Å². The fourth-order valence-corrected chi connectivity index (χ4v) is 2.71. The van der Waals surface area contributed by atoms with Gasteiger partial charge in [-0.3, -0.25) is 9.69 Å². The number of nitrogens with one attached hydrogen (secondary N) is 1. The van der Waals surface area contributed by atoms with E-state index in [1.807, 2.05) is 38.1 Å². The van der Waals surface area contributed by atoms with Crippen LogP contribution < -0.4 is 10.1 Å². The lowest BCUT2D eigenvalue weighted by Crippen LogP contribution is -2.30. The molecule has 0 saturated carbocycles. The van der Waals surface area contributed by atoms with Crippen molar-refractivity contribution in [2.45, 2.75) is 32.9 Å². The third-order valence-electron chi connectivity index (χ3n) is 4.45. The number of para-hydroxylation sites is 1. The van der Waals surface area contributed by atoms with E-state index >= 15 is 0 Å². The smallest absolute Gasteiger partial charge is 0.373 e. The van der Waals surface area contributed by atoms with Gasteiger partial charge < -0.3 is 19.2 Å². The first-order chi connectivity index (χ1) is 13.9. The summed E-state index contributed by atoms with van der Waals surface area (Å²) in [5, 5.41) is 2.57. The van der Waals surface area contributed by atoms with Crippen molar-refractivity contribution in [2.75, 3.05) is 7.11 Å². The van der Waals surface area contributed by atoms with Crippen molar-refractivity contribution in [1.29, 1.82) is 0 Å². The van der Waals surface area contributed by atoms with Crippen molar-refractivity contribution in [2.24, 2.45) is 0 Å². The number of ether oxygens (including phenoxy) is 2. The summed E-state index contributed by atoms with van der Waals surface area (Å²) >= 11 is 0. The predicted molar refractivity (Wildman–Crippen MR) is 104 cm³/mol. The molecule has 8 heteroatoms. The van der Waals surface area contributed by atoms with Gasteiger partial charge in [0.2, 0.25) is 5.76 Å². The van der Waals surface area contributed by atoms with E-state index in [0.717, 1.165) is 11.3 Å². The molecule has 0 aliphatic carbocycles. The number of hydrogen-bond acceptors (Lipinski definition) is 6. The number of amides is 3. The fraction of sp³-hybridized carbons (Fsp3) is 0.286. The number of esters is 1. The number of methoxy groups -OCH3 is 1. The molecule has 0 radical (unpaired) electrons. The number of hydrogen-bond donors (Lipinski definition) is 1. The molecule has 29 heavy (non-hydrogen) atoms. The van der Waals surface area contributed by atoms with E-state index in [2.05, 4.69) is 10.1 Å². The third kappa shape index (κ3) is 4.48. The van der Waals surface area contributed by atoms with Gasteiger partial charge in [-0.1, -0.05) is 25.1 Å². The van der Waals surface area contributed by atoms with Gasteiger partial charge in [0.15, 0.2) is 0 Å². The fourth-order valence-electron chi connectivity index (χ4n) is 2.71. The minimum Gasteiger partial charge on any atom is -0.490 e. The van der Waals surface area contributed by atoms with Gasteiger partial charge in [0.05, 0.1) is 19.8 Å². The molecule has 1 fully saturated rings. The second kappa shape index (κ2) is 8.64. The summed E-state index contributed by atoms with van der Waals surface area (Å²) in [5.74, 6) is -0.211. The first-order valence-corrected chi connectivity index (χ1v) is 9.20. The maximum atomic E-state index is 12.7. The molecule has 1 aromatic heterocycles. The first-order valence-electron chi connectivity index (χ1n) is 9.20. The van der Waals surface area contributed by atoms with Crippen LogP contribution in [-0.4, -0.2) is 36.0 Å². The summed E-state index contributed by atoms with van der Waals surface area (Å²) in [4.78, 5) is 37.5. The number of rotatable bonds is 7. The Morgan fingerprint density at radius 1 is 1.24 bits per heavy atom. The van der Waals surface area contributed by atoms with Crippen LogP contribution in [0.5, 0.6) is 5.75 Å². The molecule has 1 aliphatic heterocycles. The Morgan fingerprint density at radius 3 is 2.72 bits per heavy atom. The number of carbonyl (C=O) groups excluding carboxylic acids is 3. The molecule has 3 amide bonds. The molecule has 2 aromatic rings. The van der Waals surface area contributed by atoms with Crippen molar-refractivity contribution in [3.8, 4) is 5.75 Å². The summed E-state index contributed by atoms with van der Waals surface area (Å²) in [6.45, 7) is 3.87. The SMILES string of the molecule is CCC(C)Oc1ccccc1C=C1NC(=O)N(Cc2ccc(C(=O)OC)o2)C1=O. The minimum absolute atomic E-state index is 0.00133. The first kappa shape index (κ1) is 20.2. The quantitative estimate of drug-likeness (QED) is 0.436. The molecule has 0 spiro atoms. The summed E-state index contributed by atoms with van der Waals surface area (Å²) < 4.78 is 15.8. The van der Waals surface area contributed by atoms with E-state index in [9.17, 15) is 14.4 Å². The maximum absolute atomic E-state index is 12.7. The normalized spacial score (nSPS) is 16.1. The Balaban J connectivity index is 1.79. The van der Waals surface area contributed by atoms with Crippen LogP contribution in [0.15, 0.2) is 46.5 Å². The predicted octanol–water partition coefficient (Wildman–Crippen LogP) is 3.34. The van der Waals surface area contributed by atoms with Crippen LogP contribution in [0.3, 0.4) is 0 Å². The van der Waals surface area contributed by atoms with E-state index in [1.54, 1.807) is 6.08 Å². The van der Waals surface area contributed by atoms with Crippen LogP contribution in [0.4, 0.5) is 4.79 Å². The van der Waals surface area contributed by atoms with E-state index < -0.39 is 17.9 Å². The zero-order valence-corrected chi connectivity index (χ0v) is 16.4. The molecule has 1 aliphatic rings. The monoisotopic (exact) mass is 398 g/mol. The number of imide groups is 1. The molecule has 0 bridgehead atoms. The Morgan fingerprint density at radius 2 is 2.00 bits per heavy atom. The topological polar surface area (TPSA) is 98.1 Å². The molecule has 1 aromatic carbocycles. The third-order valence-corrected chi connectivity index (χ3v) is 4.45. The summed E-state index contributed by atoms with van der Waals surface area (Å²) in [6.07, 6.45) is 2.44. The van der Waals surface area contributed by atoms with Crippen molar-refractivity contribution < 1.29 is 28.3 Å². The zero-order valence-electron chi connectivity index (χ0n) is 16.4. The van der Waals surface area contributed by atoms with Crippen molar-refractivity contribution >= 4 is 24.0 Å². The summed E-state index contributed by atoms with van der Waals surface area (Å²) in [7, 11) is 1.24. The van der Waals surface area contributed by atoms with E-state index in [0.29, 0.717) is 11.3 Å². The molecule has 1 atom stereocenters. The highest BCUT2D eigenvalue weighted by Crippen LogP contribution is 2.25. The number of nitrogens with zero attached hydrogens (tertiary/aromatic N) is 1. The lowest BCUT2D eigenvalue weighted by molar-refractivity contribution is -0.123. The van der Waals surface area contributed by atoms with Crippen LogP contribution >= 0.6 is 0 Å². The van der Waals surface area contributed by atoms with Gasteiger partial charge in [0.25, 0.3) is 5.91 Å². The van der Waals surface area contributed by atoms with Crippen molar-refractivity contribution in [3.05, 3.63) is 59.2 Å². The van der Waals surface area contributed by atoms with E-state index in [4.69, 9.17) is 9.15 Å². The molecular formula is C21H22N2O6. The van der Waals surface area contributed by atoms with Crippen LogP contribution in [-0.2, 0) is 16.1 Å². The van der Waals surface area contributed by atoms with E-state index in [1.165, 1.54) is 19.2 Å². The lowest BCUT2D eigenvalue weighted by atomic mass is 10.1. The summed E-state index contributed by atoms with van der Waals surface area (Å²) in [6, 6.07) is 9.67. The summed E-state index contributed by atoms with van der Waals surface area (Å²) in [5.41, 5.74) is 0.819. The largest absolute Gasteiger partial charge is 0.490 e. The molecule has 8 nitrogen and oxygen atoms in total. The highest BCUT2D eigenvalue weighted by Gasteiger charge is 2.34. The minimum atomic E-state index is -0.632. The van der Waals surface area contributed by atoms with Gasteiger partial charge in [0.1, 0.15) is 17.2 Å². The Hall–Kier alpha value is -3.55. The molecule has 3 rings (SSSR count). The average Bonchev–Trinajstić information content (AvgIpc) is 3.29. The average molecular weight is 398 g/mol. The molecule has 1 N–H and O–H groups in total. The highest BCUT2D eigenvalue weighted by molar-refractivity contribution is 6.14. The highest BCUT2D eigenvalue weighted by atomic mass is 16.5. The molecule has 2 heterocycles. The molecule has 1 saturated heterocycles.